The summed E-state index contributed by atoms with van der Waals surface area (Å²) >= 11 is 6.94. The molecule has 0 aliphatic carbocycles. The van der Waals surface area contributed by atoms with E-state index in [1.165, 1.54) is 15.6 Å². The molecule has 1 unspecified atom stereocenters. The molecule has 1 fully saturated rings. The predicted molar refractivity (Wildman–Crippen MR) is 77.3 cm³/mol. The van der Waals surface area contributed by atoms with Crippen molar-refractivity contribution in [3.8, 4) is 0 Å². The van der Waals surface area contributed by atoms with Crippen LogP contribution in [0.1, 0.15) is 24.1 Å². The molecule has 1 aromatic rings. The van der Waals surface area contributed by atoms with E-state index in [2.05, 4.69) is 0 Å². The molecule has 19 heavy (non-hydrogen) atoms. The Morgan fingerprint density at radius 3 is 2.84 bits per heavy atom. The Balaban J connectivity index is 2.05. The molecule has 1 aromatic heterocycles. The Kier molecular flexibility index (Phi) is 5.25. The van der Waals surface area contributed by atoms with Crippen LogP contribution in [0.15, 0.2) is 16.3 Å². The molecule has 0 amide bonds. The van der Waals surface area contributed by atoms with E-state index >= 15 is 0 Å². The Labute approximate surface area is 123 Å². The van der Waals surface area contributed by atoms with Crippen molar-refractivity contribution in [2.75, 3.05) is 20.2 Å². The summed E-state index contributed by atoms with van der Waals surface area (Å²) < 4.78 is 32.1. The van der Waals surface area contributed by atoms with Crippen LogP contribution in [0.5, 0.6) is 0 Å². The summed E-state index contributed by atoms with van der Waals surface area (Å²) in [6.45, 7) is 1.14. The summed E-state index contributed by atoms with van der Waals surface area (Å²) in [4.78, 5) is 0.863. The minimum absolute atomic E-state index is 0.0148. The standard InChI is InChI=1S/C12H18ClNO3S2/c1-14(9-10-4-2-3-7-17-10)19(15,16)12-6-5-11(8-13)18-12/h5-6,10H,2-4,7-9H2,1H3. The van der Waals surface area contributed by atoms with Crippen LogP contribution in [0.4, 0.5) is 0 Å². The lowest BCUT2D eigenvalue weighted by molar-refractivity contribution is 0.00860. The largest absolute Gasteiger partial charge is 0.377 e. The van der Waals surface area contributed by atoms with E-state index in [-0.39, 0.29) is 6.10 Å². The molecule has 1 saturated heterocycles. The predicted octanol–water partition coefficient (Wildman–Crippen LogP) is 2.68. The fourth-order valence-electron chi connectivity index (χ4n) is 2.06. The third kappa shape index (κ3) is 3.70. The third-order valence-electron chi connectivity index (χ3n) is 3.17. The second kappa shape index (κ2) is 6.54. The van der Waals surface area contributed by atoms with E-state index < -0.39 is 10.0 Å². The van der Waals surface area contributed by atoms with Gasteiger partial charge in [0.2, 0.25) is 0 Å². The van der Waals surface area contributed by atoms with Crippen LogP contribution >= 0.6 is 22.9 Å². The SMILES string of the molecule is CN(CC1CCCCO1)S(=O)(=O)c1ccc(CCl)s1. The Morgan fingerprint density at radius 1 is 1.47 bits per heavy atom. The van der Waals surface area contributed by atoms with E-state index in [9.17, 15) is 8.42 Å². The first-order chi connectivity index (χ1) is 9.04. The van der Waals surface area contributed by atoms with Crippen molar-refractivity contribution in [1.82, 2.24) is 4.31 Å². The van der Waals surface area contributed by atoms with Gasteiger partial charge in [0.1, 0.15) is 4.21 Å². The van der Waals surface area contributed by atoms with Gasteiger partial charge in [-0.3, -0.25) is 0 Å². The number of nitrogens with zero attached hydrogens (tertiary/aromatic N) is 1. The van der Waals surface area contributed by atoms with Crippen LogP contribution in [0.3, 0.4) is 0 Å². The summed E-state index contributed by atoms with van der Waals surface area (Å²) in [6, 6.07) is 3.38. The van der Waals surface area contributed by atoms with Gasteiger partial charge in [0, 0.05) is 25.1 Å². The second-order valence-corrected chi connectivity index (χ2v) is 8.34. The molecule has 2 rings (SSSR count). The summed E-state index contributed by atoms with van der Waals surface area (Å²) in [7, 11) is -1.81. The van der Waals surface area contributed by atoms with Crippen LogP contribution in [-0.2, 0) is 20.6 Å². The molecule has 0 bridgehead atoms. The Hall–Kier alpha value is -0.140. The Morgan fingerprint density at radius 2 is 2.26 bits per heavy atom. The summed E-state index contributed by atoms with van der Waals surface area (Å²) in [5.74, 6) is 0.343. The number of halogens is 1. The molecule has 0 radical (unpaired) electrons. The first-order valence-corrected chi connectivity index (χ1v) is 9.06. The maximum atomic E-state index is 12.4. The number of thiophene rings is 1. The molecule has 2 heterocycles. The van der Waals surface area contributed by atoms with Gasteiger partial charge in [-0.15, -0.1) is 22.9 Å². The van der Waals surface area contributed by atoms with Crippen LogP contribution in [0.2, 0.25) is 0 Å². The second-order valence-electron chi connectivity index (χ2n) is 4.63. The topological polar surface area (TPSA) is 46.6 Å². The molecule has 0 aromatic carbocycles. The van der Waals surface area contributed by atoms with Gasteiger partial charge >= 0.3 is 0 Å². The molecule has 4 nitrogen and oxygen atoms in total. The number of likely N-dealkylation sites (N-methyl/N-ethyl adjacent to an activating group) is 1. The highest BCUT2D eigenvalue weighted by Crippen LogP contribution is 2.26. The highest BCUT2D eigenvalue weighted by atomic mass is 35.5. The van der Waals surface area contributed by atoms with Gasteiger partial charge in [-0.05, 0) is 31.4 Å². The van der Waals surface area contributed by atoms with Crippen LogP contribution in [0, 0.1) is 0 Å². The molecule has 0 spiro atoms. The quantitative estimate of drug-likeness (QED) is 0.783. The third-order valence-corrected chi connectivity index (χ3v) is 6.99. The molecule has 0 saturated carbocycles. The highest BCUT2D eigenvalue weighted by molar-refractivity contribution is 7.91. The minimum atomic E-state index is -3.41. The van der Waals surface area contributed by atoms with Gasteiger partial charge in [0.05, 0.1) is 12.0 Å². The van der Waals surface area contributed by atoms with Crippen molar-refractivity contribution in [2.45, 2.75) is 35.5 Å². The first-order valence-electron chi connectivity index (χ1n) is 6.26. The lowest BCUT2D eigenvalue weighted by atomic mass is 10.1. The smallest absolute Gasteiger partial charge is 0.252 e. The number of alkyl halides is 1. The molecule has 0 N–H and O–H groups in total. The zero-order valence-corrected chi connectivity index (χ0v) is 13.2. The monoisotopic (exact) mass is 323 g/mol. The average Bonchev–Trinajstić information content (AvgIpc) is 2.89. The fourth-order valence-corrected chi connectivity index (χ4v) is 4.93. The van der Waals surface area contributed by atoms with E-state index in [1.807, 2.05) is 0 Å². The minimum Gasteiger partial charge on any atom is -0.377 e. The van der Waals surface area contributed by atoms with Crippen molar-refractivity contribution < 1.29 is 13.2 Å². The van der Waals surface area contributed by atoms with Crippen molar-refractivity contribution in [1.29, 1.82) is 0 Å². The van der Waals surface area contributed by atoms with E-state index in [4.69, 9.17) is 16.3 Å². The molecule has 7 heteroatoms. The van der Waals surface area contributed by atoms with E-state index in [0.717, 1.165) is 30.7 Å². The van der Waals surface area contributed by atoms with Gasteiger partial charge < -0.3 is 4.74 Å². The molecular formula is C12H18ClNO3S2. The van der Waals surface area contributed by atoms with Gasteiger partial charge in [0.25, 0.3) is 10.0 Å². The Bertz CT molecular complexity index is 509. The normalized spacial score (nSPS) is 20.9. The van der Waals surface area contributed by atoms with Crippen molar-refractivity contribution in [3.05, 3.63) is 17.0 Å². The van der Waals surface area contributed by atoms with Gasteiger partial charge in [0.15, 0.2) is 0 Å². The molecule has 108 valence electrons. The lowest BCUT2D eigenvalue weighted by Gasteiger charge is -2.26. The first kappa shape index (κ1) is 15.3. The fraction of sp³-hybridized carbons (Fsp3) is 0.667. The average molecular weight is 324 g/mol. The molecule has 1 atom stereocenters. The van der Waals surface area contributed by atoms with Crippen LogP contribution in [0.25, 0.3) is 0 Å². The van der Waals surface area contributed by atoms with Crippen LogP contribution < -0.4 is 0 Å². The lowest BCUT2D eigenvalue weighted by Crippen LogP contribution is -2.36. The van der Waals surface area contributed by atoms with Crippen molar-refractivity contribution in [3.63, 3.8) is 0 Å². The van der Waals surface area contributed by atoms with Crippen LogP contribution in [-0.4, -0.2) is 39.0 Å². The highest BCUT2D eigenvalue weighted by Gasteiger charge is 2.26. The summed E-state index contributed by atoms with van der Waals surface area (Å²) in [5.41, 5.74) is 0. The number of hydrogen-bond donors (Lipinski definition) is 0. The molecule has 1 aliphatic heterocycles. The van der Waals surface area contributed by atoms with Crippen molar-refractivity contribution in [2.24, 2.45) is 0 Å². The maximum absolute atomic E-state index is 12.4. The number of rotatable bonds is 5. The number of sulfonamides is 1. The van der Waals surface area contributed by atoms with E-state index in [1.54, 1.807) is 19.2 Å². The molecule has 1 aliphatic rings. The zero-order valence-electron chi connectivity index (χ0n) is 10.8. The molecular weight excluding hydrogens is 306 g/mol. The summed E-state index contributed by atoms with van der Waals surface area (Å²) in [6.07, 6.45) is 3.11. The number of ether oxygens (including phenoxy) is 1. The summed E-state index contributed by atoms with van der Waals surface area (Å²) in [5, 5.41) is 0. The van der Waals surface area contributed by atoms with Gasteiger partial charge in [-0.1, -0.05) is 0 Å². The maximum Gasteiger partial charge on any atom is 0.252 e. The van der Waals surface area contributed by atoms with Gasteiger partial charge in [-0.25, -0.2) is 8.42 Å². The van der Waals surface area contributed by atoms with Crippen molar-refractivity contribution >= 4 is 33.0 Å². The number of hydrogen-bond acceptors (Lipinski definition) is 4. The zero-order chi connectivity index (χ0) is 13.9. The van der Waals surface area contributed by atoms with Gasteiger partial charge in [-0.2, -0.15) is 4.31 Å². The van der Waals surface area contributed by atoms with E-state index in [0.29, 0.717) is 16.6 Å².